The van der Waals surface area contributed by atoms with E-state index >= 15 is 0 Å². The molecule has 0 N–H and O–H groups in total. The molecule has 0 saturated carbocycles. The highest BCUT2D eigenvalue weighted by molar-refractivity contribution is 7.79. The Labute approximate surface area is 99.6 Å². The molecule has 2 aromatic rings. The smallest absolute Gasteiger partial charge is 0.103 e. The van der Waals surface area contributed by atoms with Crippen molar-refractivity contribution in [1.29, 1.82) is 0 Å². The van der Waals surface area contributed by atoms with E-state index in [0.717, 1.165) is 16.5 Å². The van der Waals surface area contributed by atoms with E-state index in [1.807, 2.05) is 0 Å². The molecule has 1 aromatic carbocycles. The quantitative estimate of drug-likeness (QED) is 0.780. The van der Waals surface area contributed by atoms with Crippen molar-refractivity contribution in [3.63, 3.8) is 0 Å². The van der Waals surface area contributed by atoms with E-state index in [0.29, 0.717) is 0 Å². The molecule has 1 heterocycles. The maximum Gasteiger partial charge on any atom is 0.103 e. The van der Waals surface area contributed by atoms with Crippen LogP contribution in [0.2, 0.25) is 0 Å². The van der Waals surface area contributed by atoms with Crippen LogP contribution in [0.5, 0.6) is 0 Å². The zero-order chi connectivity index (χ0) is 10.8. The number of benzene rings is 1. The zero-order valence-corrected chi connectivity index (χ0v) is 10.5. The maximum absolute atomic E-state index is 4.54. The lowest BCUT2D eigenvalue weighted by molar-refractivity contribution is 1.26. The summed E-state index contributed by atoms with van der Waals surface area (Å²) in [4.78, 5) is 4.54. The van der Waals surface area contributed by atoms with Crippen molar-refractivity contribution in [2.45, 2.75) is 19.6 Å². The summed E-state index contributed by atoms with van der Waals surface area (Å²) in [5.74, 6) is 0.718. The second-order valence-electron chi connectivity index (χ2n) is 3.60. The molecule has 0 aliphatic heterocycles. The Morgan fingerprint density at radius 3 is 2.80 bits per heavy atom. The number of nitrogens with zero attached hydrogens (tertiary/aromatic N) is 1. The molecule has 3 heteroatoms. The molecule has 2 rings (SSSR count). The molecule has 0 aliphatic rings. The first-order valence-corrected chi connectivity index (χ1v) is 6.35. The van der Waals surface area contributed by atoms with E-state index in [2.05, 4.69) is 55.0 Å². The summed E-state index contributed by atoms with van der Waals surface area (Å²) in [6.07, 6.45) is 0. The van der Waals surface area contributed by atoms with Crippen LogP contribution in [-0.4, -0.2) is 4.98 Å². The Bertz CT molecular complexity index is 474. The van der Waals surface area contributed by atoms with Crippen molar-refractivity contribution < 1.29 is 0 Å². The van der Waals surface area contributed by atoms with E-state index in [4.69, 9.17) is 0 Å². The number of aryl methyl sites for hydroxylation is 2. The lowest BCUT2D eigenvalue weighted by Gasteiger charge is -2.03. The average Bonchev–Trinajstić information content (AvgIpc) is 2.70. The first-order valence-electron chi connectivity index (χ1n) is 4.83. The molecule has 0 saturated heterocycles. The van der Waals surface area contributed by atoms with Crippen LogP contribution in [0.25, 0.3) is 11.3 Å². The topological polar surface area (TPSA) is 12.9 Å². The van der Waals surface area contributed by atoms with E-state index < -0.39 is 0 Å². The molecule has 0 fully saturated rings. The fourth-order valence-corrected chi connectivity index (χ4v) is 2.47. The summed E-state index contributed by atoms with van der Waals surface area (Å²) in [6, 6.07) is 6.46. The van der Waals surface area contributed by atoms with Gasteiger partial charge in [0.1, 0.15) is 5.01 Å². The summed E-state index contributed by atoms with van der Waals surface area (Å²) in [5.41, 5.74) is 4.86. The van der Waals surface area contributed by atoms with Crippen molar-refractivity contribution in [3.05, 3.63) is 39.7 Å². The second-order valence-corrected chi connectivity index (χ2v) is 4.86. The predicted molar refractivity (Wildman–Crippen MR) is 69.7 cm³/mol. The molecular weight excluding hydrogens is 222 g/mol. The summed E-state index contributed by atoms with van der Waals surface area (Å²) in [7, 11) is 0. The van der Waals surface area contributed by atoms with Gasteiger partial charge in [-0.1, -0.05) is 17.7 Å². The molecule has 0 spiro atoms. The predicted octanol–water partition coefficient (Wildman–Crippen LogP) is 3.86. The third-order valence-electron chi connectivity index (χ3n) is 2.36. The Hall–Kier alpha value is -0.800. The standard InChI is InChI=1S/C12H13NS2/c1-8-3-4-9(2)10(5-8)11-7-15-12(6-14)13-11/h3-5,7,14H,6H2,1-2H3. The van der Waals surface area contributed by atoms with Gasteiger partial charge in [-0.2, -0.15) is 12.6 Å². The zero-order valence-electron chi connectivity index (χ0n) is 8.82. The van der Waals surface area contributed by atoms with Gasteiger partial charge in [0.2, 0.25) is 0 Å². The Balaban J connectivity index is 2.48. The third-order valence-corrected chi connectivity index (χ3v) is 3.72. The Morgan fingerprint density at radius 1 is 1.33 bits per heavy atom. The average molecular weight is 235 g/mol. The van der Waals surface area contributed by atoms with Crippen molar-refractivity contribution in [3.8, 4) is 11.3 Å². The van der Waals surface area contributed by atoms with Crippen LogP contribution in [0.1, 0.15) is 16.1 Å². The molecule has 0 aliphatic carbocycles. The summed E-state index contributed by atoms with van der Waals surface area (Å²) in [6.45, 7) is 4.23. The summed E-state index contributed by atoms with van der Waals surface area (Å²) in [5, 5.41) is 3.18. The van der Waals surface area contributed by atoms with Crippen molar-refractivity contribution in [2.24, 2.45) is 0 Å². The van der Waals surface area contributed by atoms with E-state index in [1.165, 1.54) is 16.7 Å². The number of thiazole rings is 1. The van der Waals surface area contributed by atoms with E-state index in [-0.39, 0.29) is 0 Å². The number of hydrogen-bond acceptors (Lipinski definition) is 3. The van der Waals surface area contributed by atoms with Crippen molar-refractivity contribution in [2.75, 3.05) is 0 Å². The van der Waals surface area contributed by atoms with Crippen LogP contribution in [0, 0.1) is 13.8 Å². The largest absolute Gasteiger partial charge is 0.240 e. The highest BCUT2D eigenvalue weighted by Gasteiger charge is 2.06. The number of hydrogen-bond donors (Lipinski definition) is 1. The van der Waals surface area contributed by atoms with Crippen LogP contribution in [0.4, 0.5) is 0 Å². The van der Waals surface area contributed by atoms with Gasteiger partial charge in [-0.3, -0.25) is 0 Å². The van der Waals surface area contributed by atoms with Crippen LogP contribution >= 0.6 is 24.0 Å². The van der Waals surface area contributed by atoms with Gasteiger partial charge in [-0.05, 0) is 25.5 Å². The molecule has 0 amide bonds. The van der Waals surface area contributed by atoms with Crippen LogP contribution in [0.3, 0.4) is 0 Å². The lowest BCUT2D eigenvalue weighted by Crippen LogP contribution is -1.85. The van der Waals surface area contributed by atoms with Gasteiger partial charge in [-0.25, -0.2) is 4.98 Å². The fourth-order valence-electron chi connectivity index (χ4n) is 1.52. The maximum atomic E-state index is 4.54. The van der Waals surface area contributed by atoms with Gasteiger partial charge in [0.15, 0.2) is 0 Å². The van der Waals surface area contributed by atoms with Crippen LogP contribution < -0.4 is 0 Å². The molecule has 1 aromatic heterocycles. The van der Waals surface area contributed by atoms with Gasteiger partial charge in [0.25, 0.3) is 0 Å². The third kappa shape index (κ3) is 2.24. The van der Waals surface area contributed by atoms with Gasteiger partial charge < -0.3 is 0 Å². The second kappa shape index (κ2) is 4.37. The minimum Gasteiger partial charge on any atom is -0.240 e. The van der Waals surface area contributed by atoms with Gasteiger partial charge >= 0.3 is 0 Å². The van der Waals surface area contributed by atoms with Crippen LogP contribution in [0.15, 0.2) is 23.6 Å². The van der Waals surface area contributed by atoms with Gasteiger partial charge in [0, 0.05) is 16.7 Å². The monoisotopic (exact) mass is 235 g/mol. The molecule has 15 heavy (non-hydrogen) atoms. The van der Waals surface area contributed by atoms with E-state index in [9.17, 15) is 0 Å². The van der Waals surface area contributed by atoms with Crippen LogP contribution in [-0.2, 0) is 5.75 Å². The molecular formula is C12H13NS2. The molecule has 0 unspecified atom stereocenters. The number of rotatable bonds is 2. The SMILES string of the molecule is Cc1ccc(C)c(-c2csc(CS)n2)c1. The summed E-state index contributed by atoms with van der Waals surface area (Å²) >= 11 is 5.90. The van der Waals surface area contributed by atoms with Crippen molar-refractivity contribution >= 4 is 24.0 Å². The highest BCUT2D eigenvalue weighted by atomic mass is 32.1. The Kier molecular flexibility index (Phi) is 3.12. The first-order chi connectivity index (χ1) is 7.20. The Morgan fingerprint density at radius 2 is 2.13 bits per heavy atom. The molecule has 78 valence electrons. The fraction of sp³-hybridized carbons (Fsp3) is 0.250. The van der Waals surface area contributed by atoms with Gasteiger partial charge in [0.05, 0.1) is 5.69 Å². The number of thiol groups is 1. The normalized spacial score (nSPS) is 10.6. The molecule has 0 atom stereocenters. The molecule has 1 nitrogen and oxygen atoms in total. The molecule has 0 radical (unpaired) electrons. The summed E-state index contributed by atoms with van der Waals surface area (Å²) < 4.78 is 0. The lowest BCUT2D eigenvalue weighted by atomic mass is 10.0. The minimum absolute atomic E-state index is 0.718. The minimum atomic E-state index is 0.718. The molecule has 0 bridgehead atoms. The van der Waals surface area contributed by atoms with Gasteiger partial charge in [-0.15, -0.1) is 11.3 Å². The van der Waals surface area contributed by atoms with E-state index in [1.54, 1.807) is 11.3 Å². The number of aromatic nitrogens is 1. The highest BCUT2D eigenvalue weighted by Crippen LogP contribution is 2.26. The van der Waals surface area contributed by atoms with Crippen molar-refractivity contribution in [1.82, 2.24) is 4.98 Å². The first kappa shape index (κ1) is 10.7.